The third-order valence-corrected chi connectivity index (χ3v) is 4.91. The van der Waals surface area contributed by atoms with Gasteiger partial charge in [0.15, 0.2) is 0 Å². The molecule has 0 radical (unpaired) electrons. The zero-order valence-electron chi connectivity index (χ0n) is 7.40. The van der Waals surface area contributed by atoms with E-state index in [1.54, 1.807) is 0 Å². The second-order valence-electron chi connectivity index (χ2n) is 3.53. The van der Waals surface area contributed by atoms with Crippen LogP contribution in [-0.4, -0.2) is 15.2 Å². The molecule has 1 aromatic carbocycles. The van der Waals surface area contributed by atoms with Crippen LogP contribution in [0.3, 0.4) is 0 Å². The van der Waals surface area contributed by atoms with Gasteiger partial charge in [-0.1, -0.05) is 30.3 Å². The van der Waals surface area contributed by atoms with E-state index in [9.17, 15) is 4.21 Å². The van der Waals surface area contributed by atoms with Crippen LogP contribution in [-0.2, 0) is 16.1 Å². The molecule has 1 heterocycles. The summed E-state index contributed by atoms with van der Waals surface area (Å²) in [6.45, 7) is 0. The van der Waals surface area contributed by atoms with Gasteiger partial charge in [-0.2, -0.15) is 0 Å². The summed E-state index contributed by atoms with van der Waals surface area (Å²) >= 11 is 0. The first kappa shape index (κ1) is 8.75. The molecule has 1 aliphatic rings. The minimum atomic E-state index is -2.22. The molecule has 2 unspecified atom stereocenters. The van der Waals surface area contributed by atoms with Crippen molar-refractivity contribution in [2.45, 2.75) is 18.1 Å². The van der Waals surface area contributed by atoms with Crippen molar-refractivity contribution < 1.29 is 4.21 Å². The Morgan fingerprint density at radius 1 is 1.38 bits per heavy atom. The highest BCUT2D eigenvalue weighted by Gasteiger charge is 2.31. The molecule has 0 amide bonds. The Labute approximate surface area is 79.0 Å². The van der Waals surface area contributed by atoms with Gasteiger partial charge in [-0.05, 0) is 18.4 Å². The Morgan fingerprint density at radius 3 is 2.54 bits per heavy atom. The van der Waals surface area contributed by atoms with Crippen molar-refractivity contribution in [2.75, 3.05) is 5.75 Å². The number of benzene rings is 1. The Kier molecular flexibility index (Phi) is 2.12. The molecular weight excluding hydrogens is 182 g/mol. The molecule has 3 heteroatoms. The number of nitrogens with one attached hydrogen (secondary N) is 1. The predicted molar refractivity (Wildman–Crippen MR) is 54.3 cm³/mol. The van der Waals surface area contributed by atoms with E-state index in [-0.39, 0.29) is 5.25 Å². The zero-order chi connectivity index (χ0) is 9.31. The molecule has 13 heavy (non-hydrogen) atoms. The van der Waals surface area contributed by atoms with E-state index in [1.165, 1.54) is 5.56 Å². The summed E-state index contributed by atoms with van der Waals surface area (Å²) < 4.78 is 18.9. The summed E-state index contributed by atoms with van der Waals surface area (Å²) in [7, 11) is -2.22. The SMILES string of the molecule is N=S1(=O)CCC1Cc1ccccc1. The molecule has 1 aliphatic heterocycles. The molecule has 0 aliphatic carbocycles. The van der Waals surface area contributed by atoms with E-state index < -0.39 is 9.73 Å². The highest BCUT2D eigenvalue weighted by molar-refractivity contribution is 7.94. The standard InChI is InChI=1S/C10H13NOS/c11-13(12)7-6-10(13)8-9-4-2-1-3-5-9/h1-5,10-11H,6-8H2. The summed E-state index contributed by atoms with van der Waals surface area (Å²) in [6.07, 6.45) is 1.76. The lowest BCUT2D eigenvalue weighted by atomic mass is 10.1. The van der Waals surface area contributed by atoms with Gasteiger partial charge in [0.05, 0.1) is 0 Å². The maximum atomic E-state index is 11.4. The molecule has 0 aromatic heterocycles. The maximum Gasteiger partial charge on any atom is 0.0477 e. The summed E-state index contributed by atoms with van der Waals surface area (Å²) in [5.41, 5.74) is 1.20. The van der Waals surface area contributed by atoms with Crippen molar-refractivity contribution in [3.05, 3.63) is 35.9 Å². The van der Waals surface area contributed by atoms with Crippen LogP contribution in [0, 0.1) is 4.78 Å². The highest BCUT2D eigenvalue weighted by Crippen LogP contribution is 2.24. The monoisotopic (exact) mass is 195 g/mol. The number of hydrogen-bond acceptors (Lipinski definition) is 2. The molecule has 1 fully saturated rings. The summed E-state index contributed by atoms with van der Waals surface area (Å²) in [5.74, 6) is 0.602. The maximum absolute atomic E-state index is 11.4. The predicted octanol–water partition coefficient (Wildman–Crippen LogP) is 2.05. The topological polar surface area (TPSA) is 40.9 Å². The fraction of sp³-hybridized carbons (Fsp3) is 0.400. The zero-order valence-corrected chi connectivity index (χ0v) is 8.22. The van der Waals surface area contributed by atoms with Gasteiger partial charge in [-0.3, -0.25) is 4.78 Å². The Bertz CT molecular complexity index is 383. The summed E-state index contributed by atoms with van der Waals surface area (Å²) in [4.78, 5) is 0. The van der Waals surface area contributed by atoms with E-state index in [1.807, 2.05) is 30.3 Å². The smallest absolute Gasteiger partial charge is 0.0477 e. The van der Waals surface area contributed by atoms with Gasteiger partial charge in [0, 0.05) is 20.7 Å². The normalized spacial score (nSPS) is 32.5. The second-order valence-corrected chi connectivity index (χ2v) is 6.06. The average Bonchev–Trinajstić information content (AvgIpc) is 2.15. The first-order valence-electron chi connectivity index (χ1n) is 4.48. The van der Waals surface area contributed by atoms with Gasteiger partial charge in [0.1, 0.15) is 0 Å². The van der Waals surface area contributed by atoms with E-state index in [4.69, 9.17) is 4.78 Å². The van der Waals surface area contributed by atoms with E-state index in [0.29, 0.717) is 5.75 Å². The van der Waals surface area contributed by atoms with Crippen molar-refractivity contribution in [3.63, 3.8) is 0 Å². The molecule has 1 aromatic rings. The van der Waals surface area contributed by atoms with Gasteiger partial charge in [0.2, 0.25) is 0 Å². The molecule has 2 atom stereocenters. The minimum absolute atomic E-state index is 0.106. The van der Waals surface area contributed by atoms with Crippen LogP contribution >= 0.6 is 0 Å². The Morgan fingerprint density at radius 2 is 2.08 bits per heavy atom. The van der Waals surface area contributed by atoms with Crippen LogP contribution < -0.4 is 0 Å². The fourth-order valence-corrected chi connectivity index (χ4v) is 3.07. The van der Waals surface area contributed by atoms with Crippen LogP contribution in [0.15, 0.2) is 30.3 Å². The first-order chi connectivity index (χ1) is 6.18. The van der Waals surface area contributed by atoms with E-state index in [0.717, 1.165) is 12.8 Å². The van der Waals surface area contributed by atoms with Gasteiger partial charge in [-0.25, -0.2) is 4.21 Å². The van der Waals surface area contributed by atoms with Crippen LogP contribution in [0.2, 0.25) is 0 Å². The van der Waals surface area contributed by atoms with Crippen molar-refractivity contribution in [1.29, 1.82) is 4.78 Å². The quantitative estimate of drug-likeness (QED) is 0.771. The minimum Gasteiger partial charge on any atom is -0.253 e. The van der Waals surface area contributed by atoms with Crippen molar-refractivity contribution in [3.8, 4) is 0 Å². The molecular formula is C10H13NOS. The summed E-state index contributed by atoms with van der Waals surface area (Å²) in [6, 6.07) is 10.0. The van der Waals surface area contributed by atoms with E-state index in [2.05, 4.69) is 0 Å². The molecule has 1 N–H and O–H groups in total. The van der Waals surface area contributed by atoms with Crippen molar-refractivity contribution >= 4 is 9.73 Å². The molecule has 70 valence electrons. The van der Waals surface area contributed by atoms with Crippen LogP contribution in [0.25, 0.3) is 0 Å². The highest BCUT2D eigenvalue weighted by atomic mass is 32.2. The number of rotatable bonds is 2. The second kappa shape index (κ2) is 3.14. The molecule has 0 spiro atoms. The lowest BCUT2D eigenvalue weighted by Crippen LogP contribution is -2.37. The lowest BCUT2D eigenvalue weighted by molar-refractivity contribution is 0.621. The van der Waals surface area contributed by atoms with Crippen LogP contribution in [0.4, 0.5) is 0 Å². The Hall–Kier alpha value is -0.830. The average molecular weight is 195 g/mol. The third-order valence-electron chi connectivity index (χ3n) is 2.59. The molecule has 2 nitrogen and oxygen atoms in total. The Balaban J connectivity index is 2.08. The molecule has 0 bridgehead atoms. The number of hydrogen-bond donors (Lipinski definition) is 1. The van der Waals surface area contributed by atoms with Gasteiger partial charge < -0.3 is 0 Å². The van der Waals surface area contributed by atoms with Gasteiger partial charge in [-0.15, -0.1) is 0 Å². The largest absolute Gasteiger partial charge is 0.253 e. The van der Waals surface area contributed by atoms with E-state index >= 15 is 0 Å². The summed E-state index contributed by atoms with van der Waals surface area (Å²) in [5, 5.41) is 0.106. The molecule has 1 saturated heterocycles. The molecule has 2 rings (SSSR count). The lowest BCUT2D eigenvalue weighted by Gasteiger charge is -2.28. The molecule has 0 saturated carbocycles. The van der Waals surface area contributed by atoms with Gasteiger partial charge >= 0.3 is 0 Å². The van der Waals surface area contributed by atoms with Gasteiger partial charge in [0.25, 0.3) is 0 Å². The van der Waals surface area contributed by atoms with Crippen LogP contribution in [0.5, 0.6) is 0 Å². The third kappa shape index (κ3) is 1.75. The van der Waals surface area contributed by atoms with Crippen LogP contribution in [0.1, 0.15) is 12.0 Å². The fourth-order valence-electron chi connectivity index (χ4n) is 1.61. The first-order valence-corrected chi connectivity index (χ1v) is 6.27. The van der Waals surface area contributed by atoms with Crippen molar-refractivity contribution in [1.82, 2.24) is 0 Å². The van der Waals surface area contributed by atoms with Crippen molar-refractivity contribution in [2.24, 2.45) is 0 Å².